The van der Waals surface area contributed by atoms with Gasteiger partial charge >= 0.3 is 0 Å². The number of benzene rings is 2. The van der Waals surface area contributed by atoms with Crippen LogP contribution in [0.3, 0.4) is 0 Å². The third-order valence-corrected chi connectivity index (χ3v) is 3.60. The summed E-state index contributed by atoms with van der Waals surface area (Å²) in [4.78, 5) is 9.28. The molecule has 3 nitrogen and oxygen atoms in total. The third kappa shape index (κ3) is 1.60. The Morgan fingerprint density at radius 3 is 2.55 bits per heavy atom. The highest BCUT2D eigenvalue weighted by atomic mass is 15.1. The number of imidazole rings is 1. The van der Waals surface area contributed by atoms with Crippen LogP contribution in [-0.4, -0.2) is 14.4 Å². The number of aromatic nitrogens is 3. The highest BCUT2D eigenvalue weighted by Gasteiger charge is 2.07. The molecule has 0 aliphatic heterocycles. The zero-order valence-corrected chi connectivity index (χ0v) is 11.1. The molecule has 3 heteroatoms. The topological polar surface area (TPSA) is 30.2 Å². The zero-order valence-electron chi connectivity index (χ0n) is 11.1. The predicted octanol–water partition coefficient (Wildman–Crippen LogP) is 3.86. The molecule has 0 bridgehead atoms. The van der Waals surface area contributed by atoms with Crippen LogP contribution in [0.4, 0.5) is 0 Å². The summed E-state index contributed by atoms with van der Waals surface area (Å²) in [5.41, 5.74) is 5.40. The van der Waals surface area contributed by atoms with Crippen LogP contribution >= 0.6 is 0 Å². The third-order valence-electron chi connectivity index (χ3n) is 3.60. The normalized spacial score (nSPS) is 11.2. The van der Waals surface area contributed by atoms with E-state index >= 15 is 0 Å². The second-order valence-electron chi connectivity index (χ2n) is 4.90. The molecule has 0 aliphatic rings. The molecule has 96 valence electrons. The lowest BCUT2D eigenvalue weighted by Crippen LogP contribution is -1.92. The molecular formula is C17H13N3. The first-order valence-electron chi connectivity index (χ1n) is 6.63. The molecule has 0 amide bonds. The van der Waals surface area contributed by atoms with Crippen LogP contribution in [0.25, 0.3) is 28.1 Å². The smallest absolute Gasteiger partial charge is 0.235 e. The molecule has 0 saturated carbocycles. The number of rotatable bonds is 1. The number of aryl methyl sites for hydroxylation is 1. The van der Waals surface area contributed by atoms with Crippen molar-refractivity contribution in [2.45, 2.75) is 6.92 Å². The molecule has 0 unspecified atom stereocenters. The van der Waals surface area contributed by atoms with Gasteiger partial charge in [0.05, 0.1) is 16.7 Å². The molecule has 0 fully saturated rings. The summed E-state index contributed by atoms with van der Waals surface area (Å²) >= 11 is 0. The van der Waals surface area contributed by atoms with Crippen molar-refractivity contribution in [2.24, 2.45) is 0 Å². The Balaban J connectivity index is 2.00. The van der Waals surface area contributed by atoms with Gasteiger partial charge in [-0.2, -0.15) is 0 Å². The summed E-state index contributed by atoms with van der Waals surface area (Å²) in [5.74, 6) is 0.743. The van der Waals surface area contributed by atoms with Gasteiger partial charge in [-0.05, 0) is 30.7 Å². The predicted molar refractivity (Wildman–Crippen MR) is 80.7 cm³/mol. The van der Waals surface area contributed by atoms with Gasteiger partial charge in [-0.15, -0.1) is 0 Å². The van der Waals surface area contributed by atoms with Gasteiger partial charge in [-0.25, -0.2) is 9.97 Å². The molecule has 0 saturated heterocycles. The van der Waals surface area contributed by atoms with Crippen molar-refractivity contribution in [2.75, 3.05) is 0 Å². The maximum absolute atomic E-state index is 4.70. The van der Waals surface area contributed by atoms with Crippen LogP contribution in [0.5, 0.6) is 0 Å². The maximum Gasteiger partial charge on any atom is 0.235 e. The zero-order chi connectivity index (χ0) is 13.5. The minimum atomic E-state index is 0.743. The van der Waals surface area contributed by atoms with Crippen molar-refractivity contribution in [3.8, 4) is 11.3 Å². The van der Waals surface area contributed by atoms with E-state index in [1.54, 1.807) is 0 Å². The second-order valence-corrected chi connectivity index (χ2v) is 4.90. The monoisotopic (exact) mass is 259 g/mol. The van der Waals surface area contributed by atoms with Gasteiger partial charge in [0.2, 0.25) is 5.78 Å². The number of hydrogen-bond acceptors (Lipinski definition) is 2. The lowest BCUT2D eigenvalue weighted by molar-refractivity contribution is 1.14. The van der Waals surface area contributed by atoms with Gasteiger partial charge in [0.1, 0.15) is 0 Å². The van der Waals surface area contributed by atoms with Crippen molar-refractivity contribution < 1.29 is 0 Å². The van der Waals surface area contributed by atoms with E-state index < -0.39 is 0 Å². The molecule has 0 N–H and O–H groups in total. The van der Waals surface area contributed by atoms with Crippen molar-refractivity contribution in [1.29, 1.82) is 0 Å². The van der Waals surface area contributed by atoms with Crippen LogP contribution in [0.1, 0.15) is 5.56 Å². The highest BCUT2D eigenvalue weighted by Crippen LogP contribution is 2.23. The Bertz CT molecular complexity index is 922. The first-order chi connectivity index (χ1) is 9.83. The van der Waals surface area contributed by atoms with E-state index in [0.717, 1.165) is 28.1 Å². The van der Waals surface area contributed by atoms with Crippen LogP contribution in [-0.2, 0) is 0 Å². The number of hydrogen-bond donors (Lipinski definition) is 0. The Hall–Kier alpha value is -2.68. The maximum atomic E-state index is 4.70. The Morgan fingerprint density at radius 2 is 1.65 bits per heavy atom. The largest absolute Gasteiger partial charge is 0.284 e. The minimum Gasteiger partial charge on any atom is -0.284 e. The molecule has 2 aromatic carbocycles. The molecule has 0 aliphatic carbocycles. The van der Waals surface area contributed by atoms with Crippen LogP contribution in [0.2, 0.25) is 0 Å². The first kappa shape index (κ1) is 11.2. The molecule has 0 spiro atoms. The Morgan fingerprint density at radius 1 is 0.850 bits per heavy atom. The Kier molecular flexibility index (Phi) is 2.33. The fraction of sp³-hybridized carbons (Fsp3) is 0.0588. The summed E-state index contributed by atoms with van der Waals surface area (Å²) in [6.07, 6.45) is 2.04. The van der Waals surface area contributed by atoms with Crippen molar-refractivity contribution >= 4 is 16.8 Å². The van der Waals surface area contributed by atoms with Gasteiger partial charge < -0.3 is 0 Å². The minimum absolute atomic E-state index is 0.743. The molecule has 0 atom stereocenters. The lowest BCUT2D eigenvalue weighted by atomic mass is 10.1. The molecule has 4 rings (SSSR count). The summed E-state index contributed by atoms with van der Waals surface area (Å²) in [5, 5.41) is 0. The molecule has 4 aromatic rings. The summed E-state index contributed by atoms with van der Waals surface area (Å²) in [7, 11) is 0. The van der Waals surface area contributed by atoms with E-state index in [0.29, 0.717) is 0 Å². The fourth-order valence-corrected chi connectivity index (χ4v) is 2.56. The summed E-state index contributed by atoms with van der Waals surface area (Å²) in [6, 6.07) is 18.4. The van der Waals surface area contributed by atoms with E-state index in [-0.39, 0.29) is 0 Å². The van der Waals surface area contributed by atoms with Crippen molar-refractivity contribution in [1.82, 2.24) is 14.4 Å². The molecule has 2 heterocycles. The van der Waals surface area contributed by atoms with Crippen molar-refractivity contribution in [3.63, 3.8) is 0 Å². The van der Waals surface area contributed by atoms with E-state index in [9.17, 15) is 0 Å². The molecule has 2 aromatic heterocycles. The lowest BCUT2D eigenvalue weighted by Gasteiger charge is -2.04. The van der Waals surface area contributed by atoms with Crippen LogP contribution in [0.15, 0.2) is 60.8 Å². The van der Waals surface area contributed by atoms with Gasteiger partial charge in [-0.3, -0.25) is 4.40 Å². The molecular weight excluding hydrogens is 246 g/mol. The summed E-state index contributed by atoms with van der Waals surface area (Å²) in [6.45, 7) is 2.10. The van der Waals surface area contributed by atoms with Gasteiger partial charge in [-0.1, -0.05) is 36.4 Å². The van der Waals surface area contributed by atoms with E-state index in [1.165, 1.54) is 5.56 Å². The van der Waals surface area contributed by atoms with Gasteiger partial charge in [0.15, 0.2) is 0 Å². The Labute approximate surface area is 116 Å². The van der Waals surface area contributed by atoms with Crippen molar-refractivity contribution in [3.05, 3.63) is 66.4 Å². The number of fused-ring (bicyclic) bond motifs is 3. The average Bonchev–Trinajstić information content (AvgIpc) is 2.85. The number of para-hydroxylation sites is 2. The number of nitrogens with zero attached hydrogens (tertiary/aromatic N) is 3. The molecule has 0 radical (unpaired) electrons. The summed E-state index contributed by atoms with van der Waals surface area (Å²) < 4.78 is 2.02. The highest BCUT2D eigenvalue weighted by molar-refractivity contribution is 5.80. The first-order valence-corrected chi connectivity index (χ1v) is 6.63. The van der Waals surface area contributed by atoms with E-state index in [4.69, 9.17) is 4.98 Å². The van der Waals surface area contributed by atoms with Gasteiger partial charge in [0.25, 0.3) is 0 Å². The quantitative estimate of drug-likeness (QED) is 0.519. The van der Waals surface area contributed by atoms with E-state index in [2.05, 4.69) is 30.1 Å². The van der Waals surface area contributed by atoms with Crippen LogP contribution in [0, 0.1) is 6.92 Å². The molecule has 20 heavy (non-hydrogen) atoms. The second kappa shape index (κ2) is 4.17. The fourth-order valence-electron chi connectivity index (χ4n) is 2.56. The standard InChI is InChI=1S/C17H13N3/c1-12-6-2-3-7-13(12)14-10-11-20-16-9-5-4-8-15(16)19-17(20)18-14/h2-11H,1H3. The van der Waals surface area contributed by atoms with E-state index in [1.807, 2.05) is 47.0 Å². The van der Waals surface area contributed by atoms with Gasteiger partial charge in [0, 0.05) is 11.8 Å². The SMILES string of the molecule is Cc1ccccc1-c1ccn2c(n1)nc1ccccc12. The average molecular weight is 259 g/mol. The van der Waals surface area contributed by atoms with Crippen LogP contribution < -0.4 is 0 Å².